The zero-order valence-corrected chi connectivity index (χ0v) is 20.8. The van der Waals surface area contributed by atoms with E-state index in [4.69, 9.17) is 19.6 Å². The second-order valence-electron chi connectivity index (χ2n) is 9.23. The summed E-state index contributed by atoms with van der Waals surface area (Å²) in [5.74, 6) is 2.17. The lowest BCUT2D eigenvalue weighted by atomic mass is 9.85. The van der Waals surface area contributed by atoms with Gasteiger partial charge in [-0.2, -0.15) is 5.10 Å². The van der Waals surface area contributed by atoms with Crippen molar-refractivity contribution < 1.29 is 9.47 Å². The molecule has 186 valence electrons. The minimum absolute atomic E-state index is 0.230. The number of nitrogens with zero attached hydrogens (tertiary/aromatic N) is 7. The molecule has 1 atom stereocenters. The van der Waals surface area contributed by atoms with Crippen LogP contribution >= 0.6 is 0 Å². The van der Waals surface area contributed by atoms with Gasteiger partial charge in [-0.1, -0.05) is 42.0 Å². The van der Waals surface area contributed by atoms with Crippen LogP contribution in [0.4, 0.5) is 0 Å². The van der Waals surface area contributed by atoms with E-state index in [1.807, 2.05) is 85.4 Å². The predicted molar refractivity (Wildman–Crippen MR) is 140 cm³/mol. The zero-order valence-electron chi connectivity index (χ0n) is 20.8. The van der Waals surface area contributed by atoms with Gasteiger partial charge in [-0.05, 0) is 49.7 Å². The van der Waals surface area contributed by atoms with E-state index >= 15 is 0 Å². The molecular weight excluding hydrogens is 478 g/mol. The van der Waals surface area contributed by atoms with Crippen molar-refractivity contribution in [2.45, 2.75) is 26.4 Å². The SMILES string of the molecule is Cc1ccc(OCc2nc3c4c(ncn3n2)Oc2c(c(C)nn2-c2ccccc2)[C@H]4c2cccnc2)cc1. The molecule has 0 unspecified atom stereocenters. The van der Waals surface area contributed by atoms with Crippen molar-refractivity contribution in [3.05, 3.63) is 119 Å². The summed E-state index contributed by atoms with van der Waals surface area (Å²) < 4.78 is 15.9. The molecule has 9 heteroatoms. The number of hydrogen-bond donors (Lipinski definition) is 0. The lowest BCUT2D eigenvalue weighted by Gasteiger charge is -2.26. The van der Waals surface area contributed by atoms with Gasteiger partial charge in [0, 0.05) is 12.4 Å². The van der Waals surface area contributed by atoms with Crippen LogP contribution in [0, 0.1) is 13.8 Å². The molecule has 0 saturated heterocycles. The number of fused-ring (bicyclic) bond motifs is 4. The van der Waals surface area contributed by atoms with Crippen molar-refractivity contribution in [2.75, 3.05) is 0 Å². The van der Waals surface area contributed by atoms with Gasteiger partial charge in [0.15, 0.2) is 11.5 Å². The number of hydrogen-bond acceptors (Lipinski definition) is 7. The highest BCUT2D eigenvalue weighted by Crippen LogP contribution is 2.49. The Bertz CT molecular complexity index is 1760. The van der Waals surface area contributed by atoms with Crippen molar-refractivity contribution in [1.82, 2.24) is 34.3 Å². The van der Waals surface area contributed by atoms with Gasteiger partial charge in [-0.25, -0.2) is 19.2 Å². The number of rotatable bonds is 5. The van der Waals surface area contributed by atoms with Crippen LogP contribution in [0.5, 0.6) is 17.5 Å². The molecule has 2 aromatic carbocycles. The molecule has 9 nitrogen and oxygen atoms in total. The van der Waals surface area contributed by atoms with Crippen molar-refractivity contribution >= 4 is 5.65 Å². The van der Waals surface area contributed by atoms with Crippen molar-refractivity contribution in [1.29, 1.82) is 0 Å². The Morgan fingerprint density at radius 1 is 0.921 bits per heavy atom. The van der Waals surface area contributed by atoms with Gasteiger partial charge in [0.25, 0.3) is 0 Å². The highest BCUT2D eigenvalue weighted by Gasteiger charge is 2.38. The molecule has 0 aliphatic carbocycles. The third-order valence-corrected chi connectivity index (χ3v) is 6.67. The molecule has 0 spiro atoms. The van der Waals surface area contributed by atoms with Crippen LogP contribution in [0.25, 0.3) is 11.3 Å². The molecule has 38 heavy (non-hydrogen) atoms. The van der Waals surface area contributed by atoms with Crippen LogP contribution in [0.15, 0.2) is 85.5 Å². The highest BCUT2D eigenvalue weighted by molar-refractivity contribution is 5.66. The van der Waals surface area contributed by atoms with E-state index in [2.05, 4.69) is 21.1 Å². The lowest BCUT2D eigenvalue weighted by molar-refractivity contribution is 0.296. The number of pyridine rings is 1. The lowest BCUT2D eigenvalue weighted by Crippen LogP contribution is -2.16. The summed E-state index contributed by atoms with van der Waals surface area (Å²) in [5, 5.41) is 9.50. The second-order valence-corrected chi connectivity index (χ2v) is 9.23. The molecule has 0 bridgehead atoms. The number of aromatic nitrogens is 7. The van der Waals surface area contributed by atoms with Crippen LogP contribution in [-0.4, -0.2) is 34.3 Å². The summed E-state index contributed by atoms with van der Waals surface area (Å²) in [6, 6.07) is 21.8. The van der Waals surface area contributed by atoms with Gasteiger partial charge in [-0.15, -0.1) is 5.10 Å². The Kier molecular flexibility index (Phi) is 5.14. The Balaban J connectivity index is 1.36. The molecule has 1 aliphatic rings. The fraction of sp³-hybridized carbons (Fsp3) is 0.138. The summed E-state index contributed by atoms with van der Waals surface area (Å²) in [6.45, 7) is 4.27. The number of aryl methyl sites for hydroxylation is 2. The molecule has 5 heterocycles. The molecule has 1 aliphatic heterocycles. The summed E-state index contributed by atoms with van der Waals surface area (Å²) in [6.07, 6.45) is 5.25. The van der Waals surface area contributed by atoms with E-state index < -0.39 is 0 Å². The average Bonchev–Trinajstić information content (AvgIpc) is 3.53. The maximum atomic E-state index is 6.45. The van der Waals surface area contributed by atoms with Crippen molar-refractivity contribution in [2.24, 2.45) is 0 Å². The molecule has 7 rings (SSSR count). The number of benzene rings is 2. The maximum Gasteiger partial charge on any atom is 0.230 e. The van der Waals surface area contributed by atoms with Gasteiger partial charge in [-0.3, -0.25) is 4.98 Å². The van der Waals surface area contributed by atoms with E-state index in [1.165, 1.54) is 5.56 Å². The van der Waals surface area contributed by atoms with Crippen LogP contribution in [0.2, 0.25) is 0 Å². The van der Waals surface area contributed by atoms with E-state index in [0.29, 0.717) is 23.2 Å². The topological polar surface area (TPSA) is 92.3 Å². The number of para-hydroxylation sites is 1. The van der Waals surface area contributed by atoms with Gasteiger partial charge >= 0.3 is 0 Å². The first-order valence-corrected chi connectivity index (χ1v) is 12.3. The average molecular weight is 502 g/mol. The first kappa shape index (κ1) is 22.2. The Labute approximate surface area is 218 Å². The molecule has 0 fully saturated rings. The van der Waals surface area contributed by atoms with E-state index in [9.17, 15) is 0 Å². The molecule has 0 radical (unpaired) electrons. The zero-order chi connectivity index (χ0) is 25.6. The van der Waals surface area contributed by atoms with Crippen molar-refractivity contribution in [3.8, 4) is 23.2 Å². The van der Waals surface area contributed by atoms with E-state index in [0.717, 1.165) is 33.8 Å². The second kappa shape index (κ2) is 8.81. The third-order valence-electron chi connectivity index (χ3n) is 6.67. The van der Waals surface area contributed by atoms with Gasteiger partial charge in [0.1, 0.15) is 18.7 Å². The molecule has 0 amide bonds. The Morgan fingerprint density at radius 2 is 1.76 bits per heavy atom. The summed E-state index contributed by atoms with van der Waals surface area (Å²) in [5.41, 5.74) is 6.35. The number of ether oxygens (including phenoxy) is 2. The maximum absolute atomic E-state index is 6.45. The molecular formula is C29H23N7O2. The third kappa shape index (κ3) is 3.67. The standard InChI is InChI=1S/C29H23N7O2/c1-18-10-12-22(13-11-18)37-16-23-32-27-26-25(20-7-6-14-30-15-20)24-19(2)33-36(21-8-4-3-5-9-21)29(24)38-28(26)31-17-35(27)34-23/h3-15,17,25H,16H2,1-2H3/t25-/m1/s1. The minimum atomic E-state index is -0.244. The van der Waals surface area contributed by atoms with Crippen LogP contribution in [0.3, 0.4) is 0 Å². The molecule has 6 aromatic rings. The van der Waals surface area contributed by atoms with E-state index in [1.54, 1.807) is 17.0 Å². The fourth-order valence-electron chi connectivity index (χ4n) is 4.89. The van der Waals surface area contributed by atoms with Crippen LogP contribution in [0.1, 0.15) is 39.7 Å². The highest BCUT2D eigenvalue weighted by atomic mass is 16.5. The normalized spacial score (nSPS) is 14.1. The monoisotopic (exact) mass is 501 g/mol. The minimum Gasteiger partial charge on any atom is -0.486 e. The predicted octanol–water partition coefficient (Wildman–Crippen LogP) is 5.19. The summed E-state index contributed by atoms with van der Waals surface area (Å²) in [7, 11) is 0. The molecule has 4 aromatic heterocycles. The van der Waals surface area contributed by atoms with Gasteiger partial charge < -0.3 is 9.47 Å². The van der Waals surface area contributed by atoms with E-state index in [-0.39, 0.29) is 12.5 Å². The summed E-state index contributed by atoms with van der Waals surface area (Å²) in [4.78, 5) is 13.9. The Hall–Kier alpha value is -5.05. The fourth-order valence-corrected chi connectivity index (χ4v) is 4.89. The van der Waals surface area contributed by atoms with Gasteiger partial charge in [0.2, 0.25) is 11.8 Å². The molecule has 0 N–H and O–H groups in total. The summed E-state index contributed by atoms with van der Waals surface area (Å²) >= 11 is 0. The smallest absolute Gasteiger partial charge is 0.230 e. The first-order valence-electron chi connectivity index (χ1n) is 12.3. The molecule has 0 saturated carbocycles. The van der Waals surface area contributed by atoms with Crippen LogP contribution in [-0.2, 0) is 6.61 Å². The van der Waals surface area contributed by atoms with Crippen LogP contribution < -0.4 is 9.47 Å². The van der Waals surface area contributed by atoms with Gasteiger partial charge in [0.05, 0.1) is 28.4 Å². The first-order chi connectivity index (χ1) is 18.7. The quantitative estimate of drug-likeness (QED) is 0.321. The van der Waals surface area contributed by atoms with Crippen molar-refractivity contribution in [3.63, 3.8) is 0 Å². The largest absolute Gasteiger partial charge is 0.486 e. The Morgan fingerprint density at radius 3 is 2.55 bits per heavy atom.